The van der Waals surface area contributed by atoms with Crippen molar-refractivity contribution in [2.24, 2.45) is 0 Å². The molecule has 0 unspecified atom stereocenters. The maximum atomic E-state index is 12.8. The smallest absolute Gasteiger partial charge is 0.123 e. The Morgan fingerprint density at radius 1 is 0.909 bits per heavy atom. The standard InChI is InChI=1S/C19H22FN.ClH/c20-19-10-8-16(9-11-19)5-3-4-13-21-14-12-17-6-1-2-7-18(17)15-21;/h1-2,6-11H,3-5,12-15H2;1H. The molecular formula is C19H23ClFN. The summed E-state index contributed by atoms with van der Waals surface area (Å²) in [4.78, 5) is 2.55. The number of rotatable bonds is 5. The van der Waals surface area contributed by atoms with Crippen molar-refractivity contribution in [3.05, 3.63) is 71.0 Å². The average molecular weight is 320 g/mol. The van der Waals surface area contributed by atoms with Gasteiger partial charge >= 0.3 is 0 Å². The highest BCUT2D eigenvalue weighted by molar-refractivity contribution is 5.85. The Kier molecular flexibility index (Phi) is 6.41. The van der Waals surface area contributed by atoms with Crippen LogP contribution >= 0.6 is 12.4 Å². The second-order valence-electron chi connectivity index (χ2n) is 5.88. The van der Waals surface area contributed by atoms with Gasteiger partial charge in [0.2, 0.25) is 0 Å². The molecule has 22 heavy (non-hydrogen) atoms. The van der Waals surface area contributed by atoms with E-state index in [4.69, 9.17) is 0 Å². The molecule has 0 N–H and O–H groups in total. The number of hydrogen-bond donors (Lipinski definition) is 0. The van der Waals surface area contributed by atoms with Gasteiger partial charge in [-0.15, -0.1) is 12.4 Å². The zero-order valence-electron chi connectivity index (χ0n) is 12.8. The molecule has 1 heterocycles. The van der Waals surface area contributed by atoms with Gasteiger partial charge in [-0.25, -0.2) is 4.39 Å². The van der Waals surface area contributed by atoms with Crippen LogP contribution in [0.4, 0.5) is 4.39 Å². The molecule has 0 spiro atoms. The van der Waals surface area contributed by atoms with Crippen LogP contribution in [0.3, 0.4) is 0 Å². The fourth-order valence-electron chi connectivity index (χ4n) is 3.06. The predicted molar refractivity (Wildman–Crippen MR) is 92.0 cm³/mol. The van der Waals surface area contributed by atoms with Crippen molar-refractivity contribution in [3.8, 4) is 0 Å². The lowest BCUT2D eigenvalue weighted by atomic mass is 9.99. The largest absolute Gasteiger partial charge is 0.299 e. The van der Waals surface area contributed by atoms with Crippen LogP contribution in [0.1, 0.15) is 29.5 Å². The minimum atomic E-state index is -0.147. The Balaban J connectivity index is 0.00000176. The van der Waals surface area contributed by atoms with Gasteiger partial charge in [0.05, 0.1) is 0 Å². The van der Waals surface area contributed by atoms with Crippen LogP contribution in [-0.4, -0.2) is 18.0 Å². The summed E-state index contributed by atoms with van der Waals surface area (Å²) in [7, 11) is 0. The van der Waals surface area contributed by atoms with Crippen LogP contribution in [-0.2, 0) is 19.4 Å². The van der Waals surface area contributed by atoms with Gasteiger partial charge in [-0.1, -0.05) is 36.4 Å². The van der Waals surface area contributed by atoms with Crippen LogP contribution in [0.15, 0.2) is 48.5 Å². The van der Waals surface area contributed by atoms with E-state index in [1.54, 1.807) is 12.1 Å². The predicted octanol–water partition coefficient (Wildman–Crippen LogP) is 4.63. The van der Waals surface area contributed by atoms with E-state index in [1.165, 1.54) is 42.5 Å². The molecule has 1 aliphatic heterocycles. The first kappa shape index (κ1) is 17.0. The third kappa shape index (κ3) is 4.56. The normalized spacial score (nSPS) is 14.2. The number of nitrogens with zero attached hydrogens (tertiary/aromatic N) is 1. The van der Waals surface area contributed by atoms with E-state index < -0.39 is 0 Å². The fraction of sp³-hybridized carbons (Fsp3) is 0.368. The Bertz CT molecular complexity index is 582. The maximum absolute atomic E-state index is 12.8. The zero-order chi connectivity index (χ0) is 14.5. The second-order valence-corrected chi connectivity index (χ2v) is 5.88. The molecule has 118 valence electrons. The molecule has 1 aliphatic rings. The van der Waals surface area contributed by atoms with E-state index in [9.17, 15) is 4.39 Å². The molecule has 0 amide bonds. The molecule has 0 bridgehead atoms. The van der Waals surface area contributed by atoms with E-state index in [0.717, 1.165) is 19.5 Å². The average Bonchev–Trinajstić information content (AvgIpc) is 2.53. The van der Waals surface area contributed by atoms with Crippen molar-refractivity contribution in [1.29, 1.82) is 0 Å². The van der Waals surface area contributed by atoms with Gasteiger partial charge in [0, 0.05) is 13.1 Å². The quantitative estimate of drug-likeness (QED) is 0.726. The Hall–Kier alpha value is -1.38. The molecule has 2 aromatic rings. The van der Waals surface area contributed by atoms with Crippen molar-refractivity contribution in [2.45, 2.75) is 32.2 Å². The molecule has 3 heteroatoms. The zero-order valence-corrected chi connectivity index (χ0v) is 13.6. The van der Waals surface area contributed by atoms with E-state index in [2.05, 4.69) is 29.2 Å². The lowest BCUT2D eigenvalue weighted by Gasteiger charge is -2.28. The number of hydrogen-bond acceptors (Lipinski definition) is 1. The first-order valence-electron chi connectivity index (χ1n) is 7.85. The summed E-state index contributed by atoms with van der Waals surface area (Å²) < 4.78 is 12.8. The van der Waals surface area contributed by atoms with Gasteiger partial charge in [0.1, 0.15) is 5.82 Å². The lowest BCUT2D eigenvalue weighted by Crippen LogP contribution is -2.31. The van der Waals surface area contributed by atoms with Crippen LogP contribution < -0.4 is 0 Å². The summed E-state index contributed by atoms with van der Waals surface area (Å²) >= 11 is 0. The van der Waals surface area contributed by atoms with E-state index in [-0.39, 0.29) is 18.2 Å². The van der Waals surface area contributed by atoms with Gasteiger partial charge in [-0.3, -0.25) is 4.90 Å². The monoisotopic (exact) mass is 319 g/mol. The molecule has 0 saturated carbocycles. The summed E-state index contributed by atoms with van der Waals surface area (Å²) in [6.07, 6.45) is 4.60. The van der Waals surface area contributed by atoms with Gasteiger partial charge in [-0.2, -0.15) is 0 Å². The van der Waals surface area contributed by atoms with Crippen molar-refractivity contribution in [3.63, 3.8) is 0 Å². The lowest BCUT2D eigenvalue weighted by molar-refractivity contribution is 0.249. The number of unbranched alkanes of at least 4 members (excludes halogenated alkanes) is 1. The number of aryl methyl sites for hydroxylation is 1. The Labute approximate surface area is 138 Å². The molecule has 0 fully saturated rings. The van der Waals surface area contributed by atoms with Gasteiger partial charge in [0.25, 0.3) is 0 Å². The number of halogens is 2. The third-order valence-electron chi connectivity index (χ3n) is 4.31. The summed E-state index contributed by atoms with van der Waals surface area (Å²) in [5, 5.41) is 0. The minimum Gasteiger partial charge on any atom is -0.299 e. The highest BCUT2D eigenvalue weighted by Gasteiger charge is 2.14. The van der Waals surface area contributed by atoms with Crippen molar-refractivity contribution >= 4 is 12.4 Å². The van der Waals surface area contributed by atoms with Crippen LogP contribution in [0.5, 0.6) is 0 Å². The molecule has 0 aromatic heterocycles. The molecular weight excluding hydrogens is 297 g/mol. The van der Waals surface area contributed by atoms with Crippen LogP contribution in [0, 0.1) is 5.82 Å². The molecule has 0 radical (unpaired) electrons. The van der Waals surface area contributed by atoms with E-state index in [0.29, 0.717) is 0 Å². The molecule has 0 aliphatic carbocycles. The second kappa shape index (κ2) is 8.30. The summed E-state index contributed by atoms with van der Waals surface area (Å²) in [5.74, 6) is -0.147. The first-order chi connectivity index (χ1) is 10.3. The van der Waals surface area contributed by atoms with E-state index >= 15 is 0 Å². The highest BCUT2D eigenvalue weighted by Crippen LogP contribution is 2.18. The minimum absolute atomic E-state index is 0. The van der Waals surface area contributed by atoms with Crippen molar-refractivity contribution < 1.29 is 4.39 Å². The number of fused-ring (bicyclic) bond motifs is 1. The van der Waals surface area contributed by atoms with Crippen LogP contribution in [0.25, 0.3) is 0 Å². The topological polar surface area (TPSA) is 3.24 Å². The van der Waals surface area contributed by atoms with Crippen molar-refractivity contribution in [1.82, 2.24) is 4.90 Å². The Morgan fingerprint density at radius 2 is 1.64 bits per heavy atom. The SMILES string of the molecule is Cl.Fc1ccc(CCCCN2CCc3ccccc3C2)cc1. The summed E-state index contributed by atoms with van der Waals surface area (Å²) in [6.45, 7) is 3.43. The highest BCUT2D eigenvalue weighted by atomic mass is 35.5. The van der Waals surface area contributed by atoms with Gasteiger partial charge < -0.3 is 0 Å². The molecule has 3 rings (SSSR count). The van der Waals surface area contributed by atoms with Gasteiger partial charge in [-0.05, 0) is 61.1 Å². The molecule has 2 aromatic carbocycles. The van der Waals surface area contributed by atoms with E-state index in [1.807, 2.05) is 12.1 Å². The first-order valence-corrected chi connectivity index (χ1v) is 7.85. The fourth-order valence-corrected chi connectivity index (χ4v) is 3.06. The van der Waals surface area contributed by atoms with Crippen LogP contribution in [0.2, 0.25) is 0 Å². The molecule has 1 nitrogen and oxygen atoms in total. The summed E-state index contributed by atoms with van der Waals surface area (Å²) in [5.41, 5.74) is 4.24. The Morgan fingerprint density at radius 3 is 2.41 bits per heavy atom. The van der Waals surface area contributed by atoms with Gasteiger partial charge in [0.15, 0.2) is 0 Å². The maximum Gasteiger partial charge on any atom is 0.123 e. The molecule has 0 saturated heterocycles. The summed E-state index contributed by atoms with van der Waals surface area (Å²) in [6, 6.07) is 15.7. The third-order valence-corrected chi connectivity index (χ3v) is 4.31. The number of benzene rings is 2. The molecule has 0 atom stereocenters. The van der Waals surface area contributed by atoms with Crippen molar-refractivity contribution in [2.75, 3.05) is 13.1 Å².